The highest BCUT2D eigenvalue weighted by Gasteiger charge is 2.28. The number of carbonyl (C=O) groups excluding carboxylic acids is 2. The van der Waals surface area contributed by atoms with E-state index in [-0.39, 0.29) is 17.7 Å². The van der Waals surface area contributed by atoms with Crippen LogP contribution in [0.4, 0.5) is 5.69 Å². The Kier molecular flexibility index (Phi) is 5.48. The van der Waals surface area contributed by atoms with Gasteiger partial charge in [0.2, 0.25) is 5.91 Å². The van der Waals surface area contributed by atoms with Gasteiger partial charge in [-0.05, 0) is 60.0 Å². The van der Waals surface area contributed by atoms with Gasteiger partial charge in [-0.25, -0.2) is 4.98 Å². The number of aromatic nitrogens is 2. The van der Waals surface area contributed by atoms with Gasteiger partial charge in [0.15, 0.2) is 0 Å². The lowest BCUT2D eigenvalue weighted by Crippen LogP contribution is -2.26. The van der Waals surface area contributed by atoms with Crippen molar-refractivity contribution in [1.82, 2.24) is 14.3 Å². The Morgan fingerprint density at radius 3 is 2.61 bits per heavy atom. The van der Waals surface area contributed by atoms with Crippen molar-refractivity contribution in [2.45, 2.75) is 12.3 Å². The molecule has 2 aromatic heterocycles. The number of nitrogens with zero attached hydrogens (tertiary/aromatic N) is 3. The number of para-hydroxylation sites is 1. The maximum absolute atomic E-state index is 12.6. The Morgan fingerprint density at radius 2 is 1.85 bits per heavy atom. The average Bonchev–Trinajstić information content (AvgIpc) is 3.50. The van der Waals surface area contributed by atoms with Crippen LogP contribution in [0.15, 0.2) is 91.9 Å². The fraction of sp³-hybridized carbons (Fsp3) is 0.148. The highest BCUT2D eigenvalue weighted by atomic mass is 16.2. The molecule has 2 aromatic carbocycles. The Hall–Kier alpha value is -4.19. The summed E-state index contributed by atoms with van der Waals surface area (Å²) >= 11 is 0. The SMILES string of the molecule is C=CC(=O)N1CC[C@@H](c2cc(-c3ccc(C(=O)Nc4ccccc4)cc3)n3cnccc23)C1. The molecule has 1 saturated heterocycles. The first kappa shape index (κ1) is 20.7. The topological polar surface area (TPSA) is 66.7 Å². The average molecular weight is 437 g/mol. The van der Waals surface area contributed by atoms with Crippen LogP contribution in [0, 0.1) is 0 Å². The Balaban J connectivity index is 1.43. The van der Waals surface area contributed by atoms with Gasteiger partial charge in [-0.15, -0.1) is 0 Å². The van der Waals surface area contributed by atoms with Crippen LogP contribution in [-0.2, 0) is 4.79 Å². The zero-order valence-electron chi connectivity index (χ0n) is 18.1. The molecule has 1 aliphatic rings. The van der Waals surface area contributed by atoms with E-state index in [0.717, 1.165) is 35.4 Å². The molecule has 6 nitrogen and oxygen atoms in total. The number of rotatable bonds is 5. The predicted octanol–water partition coefficient (Wildman–Crippen LogP) is 4.76. The number of anilines is 1. The Morgan fingerprint density at radius 1 is 1.06 bits per heavy atom. The third-order valence-corrected chi connectivity index (χ3v) is 6.20. The largest absolute Gasteiger partial charge is 0.339 e. The van der Waals surface area contributed by atoms with Gasteiger partial charge in [0, 0.05) is 36.5 Å². The van der Waals surface area contributed by atoms with Gasteiger partial charge in [0.1, 0.15) is 0 Å². The third-order valence-electron chi connectivity index (χ3n) is 6.20. The first-order valence-electron chi connectivity index (χ1n) is 11.0. The van der Waals surface area contributed by atoms with E-state index in [0.29, 0.717) is 12.1 Å². The van der Waals surface area contributed by atoms with Crippen LogP contribution >= 0.6 is 0 Å². The molecule has 1 N–H and O–H groups in total. The van der Waals surface area contributed by atoms with E-state index < -0.39 is 0 Å². The number of nitrogens with one attached hydrogen (secondary N) is 1. The molecule has 0 aliphatic carbocycles. The third kappa shape index (κ3) is 4.03. The van der Waals surface area contributed by atoms with E-state index in [1.165, 1.54) is 11.6 Å². The van der Waals surface area contributed by atoms with Gasteiger partial charge in [0.25, 0.3) is 5.91 Å². The lowest BCUT2D eigenvalue weighted by Gasteiger charge is -2.13. The van der Waals surface area contributed by atoms with Crippen molar-refractivity contribution in [2.75, 3.05) is 18.4 Å². The van der Waals surface area contributed by atoms with Crippen molar-refractivity contribution in [3.8, 4) is 11.3 Å². The van der Waals surface area contributed by atoms with Crippen LogP contribution in [0.5, 0.6) is 0 Å². The molecule has 33 heavy (non-hydrogen) atoms. The van der Waals surface area contributed by atoms with Crippen molar-refractivity contribution < 1.29 is 9.59 Å². The van der Waals surface area contributed by atoms with Gasteiger partial charge in [0.05, 0.1) is 17.5 Å². The van der Waals surface area contributed by atoms with Crippen molar-refractivity contribution >= 4 is 23.0 Å². The first-order valence-corrected chi connectivity index (χ1v) is 11.0. The van der Waals surface area contributed by atoms with E-state index in [9.17, 15) is 9.59 Å². The minimum Gasteiger partial charge on any atom is -0.339 e. The maximum atomic E-state index is 12.6. The molecule has 1 fully saturated rings. The summed E-state index contributed by atoms with van der Waals surface area (Å²) in [6, 6.07) is 21.2. The second kappa shape index (κ2) is 8.74. The predicted molar refractivity (Wildman–Crippen MR) is 129 cm³/mol. The summed E-state index contributed by atoms with van der Waals surface area (Å²) < 4.78 is 2.08. The molecular formula is C27H24N4O2. The lowest BCUT2D eigenvalue weighted by atomic mass is 9.98. The quantitative estimate of drug-likeness (QED) is 0.459. The molecule has 0 bridgehead atoms. The molecule has 5 rings (SSSR count). The van der Waals surface area contributed by atoms with Gasteiger partial charge in [-0.2, -0.15) is 0 Å². The first-order chi connectivity index (χ1) is 16.1. The number of carbonyl (C=O) groups is 2. The number of fused-ring (bicyclic) bond motifs is 1. The lowest BCUT2D eigenvalue weighted by molar-refractivity contribution is -0.125. The van der Waals surface area contributed by atoms with Gasteiger partial charge in [-0.1, -0.05) is 36.9 Å². The van der Waals surface area contributed by atoms with Crippen molar-refractivity contribution in [3.63, 3.8) is 0 Å². The number of hydrogen-bond acceptors (Lipinski definition) is 3. The summed E-state index contributed by atoms with van der Waals surface area (Å²) in [5, 5.41) is 2.91. The molecular weight excluding hydrogens is 412 g/mol. The van der Waals surface area contributed by atoms with Crippen molar-refractivity contribution in [2.24, 2.45) is 0 Å². The normalized spacial score (nSPS) is 15.5. The van der Waals surface area contributed by atoms with Gasteiger partial charge < -0.3 is 14.6 Å². The second-order valence-electron chi connectivity index (χ2n) is 8.19. The highest BCUT2D eigenvalue weighted by molar-refractivity contribution is 6.04. The van der Waals surface area contributed by atoms with Crippen LogP contribution in [0.3, 0.4) is 0 Å². The van der Waals surface area contributed by atoms with E-state index in [1.807, 2.05) is 71.9 Å². The molecule has 3 heterocycles. The molecule has 2 amide bonds. The molecule has 0 saturated carbocycles. The van der Waals surface area contributed by atoms with Gasteiger partial charge >= 0.3 is 0 Å². The zero-order valence-corrected chi connectivity index (χ0v) is 18.1. The fourth-order valence-corrected chi connectivity index (χ4v) is 4.49. The molecule has 0 unspecified atom stereocenters. The van der Waals surface area contributed by atoms with Crippen LogP contribution in [0.1, 0.15) is 28.3 Å². The Labute approximate surface area is 192 Å². The zero-order chi connectivity index (χ0) is 22.8. The van der Waals surface area contributed by atoms with E-state index >= 15 is 0 Å². The summed E-state index contributed by atoms with van der Waals surface area (Å²) in [5.74, 6) is 0.0938. The number of likely N-dealkylation sites (tertiary alicyclic amines) is 1. The number of hydrogen-bond donors (Lipinski definition) is 1. The summed E-state index contributed by atoms with van der Waals surface area (Å²) in [5.41, 5.74) is 5.66. The number of amides is 2. The highest BCUT2D eigenvalue weighted by Crippen LogP contribution is 2.35. The molecule has 0 radical (unpaired) electrons. The monoisotopic (exact) mass is 436 g/mol. The second-order valence-corrected chi connectivity index (χ2v) is 8.19. The number of benzene rings is 2. The van der Waals surface area contributed by atoms with Crippen LogP contribution < -0.4 is 5.32 Å². The minimum atomic E-state index is -0.145. The summed E-state index contributed by atoms with van der Waals surface area (Å²) in [6.07, 6.45) is 5.90. The fourth-order valence-electron chi connectivity index (χ4n) is 4.49. The summed E-state index contributed by atoms with van der Waals surface area (Å²) in [7, 11) is 0. The van der Waals surface area contributed by atoms with Crippen molar-refractivity contribution in [3.05, 3.63) is 103 Å². The van der Waals surface area contributed by atoms with E-state index in [2.05, 4.69) is 27.3 Å². The van der Waals surface area contributed by atoms with Crippen LogP contribution in [0.25, 0.3) is 16.8 Å². The van der Waals surface area contributed by atoms with Crippen LogP contribution in [0.2, 0.25) is 0 Å². The smallest absolute Gasteiger partial charge is 0.255 e. The minimum absolute atomic E-state index is 0.0210. The molecule has 164 valence electrons. The summed E-state index contributed by atoms with van der Waals surface area (Å²) in [4.78, 5) is 30.8. The van der Waals surface area contributed by atoms with Crippen molar-refractivity contribution in [1.29, 1.82) is 0 Å². The molecule has 1 aliphatic heterocycles. The maximum Gasteiger partial charge on any atom is 0.255 e. The molecule has 0 spiro atoms. The molecule has 1 atom stereocenters. The Bertz CT molecular complexity index is 1330. The van der Waals surface area contributed by atoms with E-state index in [1.54, 1.807) is 6.20 Å². The summed E-state index contributed by atoms with van der Waals surface area (Å²) in [6.45, 7) is 5.03. The standard InChI is InChI=1S/C27H24N4O2/c1-2-26(32)30-15-13-21(17-30)23-16-25(31-18-28-14-12-24(23)31)19-8-10-20(11-9-19)27(33)29-22-6-4-3-5-7-22/h2-12,14,16,18,21H,1,13,15,17H2,(H,29,33)/t21-/m1/s1. The van der Waals surface area contributed by atoms with E-state index in [4.69, 9.17) is 0 Å². The molecule has 6 heteroatoms. The van der Waals surface area contributed by atoms with Gasteiger partial charge in [-0.3, -0.25) is 9.59 Å². The van der Waals surface area contributed by atoms with Crippen LogP contribution in [-0.4, -0.2) is 39.2 Å². The molecule has 4 aromatic rings.